The summed E-state index contributed by atoms with van der Waals surface area (Å²) in [7, 11) is 0. The summed E-state index contributed by atoms with van der Waals surface area (Å²) in [5.74, 6) is 0. The van der Waals surface area contributed by atoms with Crippen molar-refractivity contribution in [3.8, 4) is 0 Å². The van der Waals surface area contributed by atoms with E-state index in [1.165, 1.54) is 17.3 Å². The first-order valence-corrected chi connectivity index (χ1v) is 7.86. The average molecular weight is 297 g/mol. The molecule has 5 heteroatoms. The Morgan fingerprint density at radius 3 is 2.76 bits per heavy atom. The summed E-state index contributed by atoms with van der Waals surface area (Å²) >= 11 is 1.47. The third kappa shape index (κ3) is 2.69. The molecule has 0 atom stereocenters. The van der Waals surface area contributed by atoms with Gasteiger partial charge in [0.2, 0.25) is 0 Å². The highest BCUT2D eigenvalue weighted by Crippen LogP contribution is 2.16. The fourth-order valence-corrected chi connectivity index (χ4v) is 2.60. The highest BCUT2D eigenvalue weighted by molar-refractivity contribution is 7.98. The van der Waals surface area contributed by atoms with E-state index in [4.69, 9.17) is 0 Å². The lowest BCUT2D eigenvalue weighted by Crippen LogP contribution is -2.21. The Morgan fingerprint density at radius 1 is 1.19 bits per heavy atom. The smallest absolute Gasteiger partial charge is 0.252 e. The molecule has 2 aromatic heterocycles. The Balaban J connectivity index is 2.19. The van der Waals surface area contributed by atoms with Gasteiger partial charge in [0.05, 0.1) is 6.54 Å². The second kappa shape index (κ2) is 5.69. The third-order valence-corrected chi connectivity index (χ3v) is 4.04. The molecule has 0 N–H and O–H groups in total. The Labute approximate surface area is 126 Å². The molecule has 0 amide bonds. The lowest BCUT2D eigenvalue weighted by Gasteiger charge is -2.11. The maximum absolute atomic E-state index is 12.2. The molecule has 106 valence electrons. The Morgan fingerprint density at radius 2 is 2.00 bits per heavy atom. The minimum atomic E-state index is -0.0449. The van der Waals surface area contributed by atoms with Gasteiger partial charge in [-0.15, -0.1) is 0 Å². The van der Waals surface area contributed by atoms with E-state index in [-0.39, 0.29) is 5.56 Å². The lowest BCUT2D eigenvalue weighted by atomic mass is 10.1. The molecule has 3 aromatic rings. The normalized spacial score (nSPS) is 11.0. The predicted octanol–water partition coefficient (Wildman–Crippen LogP) is 2.87. The van der Waals surface area contributed by atoms with Gasteiger partial charge < -0.3 is 0 Å². The number of pyridine rings is 1. The highest BCUT2D eigenvalue weighted by Gasteiger charge is 2.08. The fraction of sp³-hybridized carbons (Fsp3) is 0.188. The standard InChI is InChI=1S/C16H15N3OS/c1-11-5-3-4-6-13(11)10-19-14(20)8-7-12-9-17-16(21-2)18-15(12)19/h3-9H,10H2,1-2H3. The zero-order chi connectivity index (χ0) is 14.8. The first kappa shape index (κ1) is 13.8. The maximum atomic E-state index is 12.2. The third-order valence-electron chi connectivity index (χ3n) is 3.47. The number of thioether (sulfide) groups is 1. The van der Waals surface area contributed by atoms with E-state index in [1.54, 1.807) is 22.9 Å². The van der Waals surface area contributed by atoms with Crippen molar-refractivity contribution in [2.75, 3.05) is 6.26 Å². The molecular formula is C16H15N3OS. The van der Waals surface area contributed by atoms with Crippen LogP contribution in [0.1, 0.15) is 11.1 Å². The van der Waals surface area contributed by atoms with Crippen molar-refractivity contribution >= 4 is 22.8 Å². The van der Waals surface area contributed by atoms with Crippen LogP contribution in [0.4, 0.5) is 0 Å². The Hall–Kier alpha value is -2.14. The summed E-state index contributed by atoms with van der Waals surface area (Å²) in [5, 5.41) is 1.55. The van der Waals surface area contributed by atoms with Gasteiger partial charge in [0.25, 0.3) is 5.56 Å². The van der Waals surface area contributed by atoms with E-state index in [1.807, 2.05) is 37.4 Å². The highest BCUT2D eigenvalue weighted by atomic mass is 32.2. The molecule has 0 saturated heterocycles. The topological polar surface area (TPSA) is 47.8 Å². The molecule has 0 unspecified atom stereocenters. The summed E-state index contributed by atoms with van der Waals surface area (Å²) in [5.41, 5.74) is 2.93. The molecule has 0 aliphatic rings. The molecule has 0 aliphatic carbocycles. The minimum Gasteiger partial charge on any atom is -0.288 e. The number of fused-ring (bicyclic) bond motifs is 1. The molecule has 0 aliphatic heterocycles. The quantitative estimate of drug-likeness (QED) is 0.551. The van der Waals surface area contributed by atoms with E-state index in [9.17, 15) is 4.79 Å². The van der Waals surface area contributed by atoms with Gasteiger partial charge in [0.15, 0.2) is 5.16 Å². The number of rotatable bonds is 3. The van der Waals surface area contributed by atoms with Crippen LogP contribution in [0.5, 0.6) is 0 Å². The summed E-state index contributed by atoms with van der Waals surface area (Å²) < 4.78 is 1.71. The summed E-state index contributed by atoms with van der Waals surface area (Å²) in [6, 6.07) is 11.4. The predicted molar refractivity (Wildman–Crippen MR) is 85.9 cm³/mol. The van der Waals surface area contributed by atoms with Crippen molar-refractivity contribution in [1.82, 2.24) is 14.5 Å². The molecule has 0 bridgehead atoms. The van der Waals surface area contributed by atoms with Crippen LogP contribution in [-0.4, -0.2) is 20.8 Å². The van der Waals surface area contributed by atoms with Crippen LogP contribution in [0.15, 0.2) is 52.5 Å². The van der Waals surface area contributed by atoms with Crippen molar-refractivity contribution in [3.63, 3.8) is 0 Å². The monoisotopic (exact) mass is 297 g/mol. The zero-order valence-electron chi connectivity index (χ0n) is 11.9. The van der Waals surface area contributed by atoms with Crippen molar-refractivity contribution in [2.45, 2.75) is 18.6 Å². The van der Waals surface area contributed by atoms with Gasteiger partial charge >= 0.3 is 0 Å². The molecule has 21 heavy (non-hydrogen) atoms. The van der Waals surface area contributed by atoms with Gasteiger partial charge in [-0.05, 0) is 30.4 Å². The first-order chi connectivity index (χ1) is 10.2. The largest absolute Gasteiger partial charge is 0.288 e. The Bertz CT molecular complexity index is 858. The van der Waals surface area contributed by atoms with Crippen LogP contribution in [-0.2, 0) is 6.54 Å². The van der Waals surface area contributed by atoms with E-state index < -0.39 is 0 Å². The molecular weight excluding hydrogens is 282 g/mol. The lowest BCUT2D eigenvalue weighted by molar-refractivity contribution is 0.768. The van der Waals surface area contributed by atoms with Gasteiger partial charge in [-0.1, -0.05) is 36.0 Å². The summed E-state index contributed by atoms with van der Waals surface area (Å²) in [6.45, 7) is 2.57. The first-order valence-electron chi connectivity index (χ1n) is 6.64. The number of nitrogens with zero attached hydrogens (tertiary/aromatic N) is 3. The summed E-state index contributed by atoms with van der Waals surface area (Å²) in [4.78, 5) is 21.0. The van der Waals surface area contributed by atoms with E-state index in [2.05, 4.69) is 9.97 Å². The van der Waals surface area contributed by atoms with Gasteiger partial charge in [0, 0.05) is 17.6 Å². The van der Waals surface area contributed by atoms with Gasteiger partial charge in [-0.2, -0.15) is 0 Å². The van der Waals surface area contributed by atoms with E-state index in [0.717, 1.165) is 10.9 Å². The minimum absolute atomic E-state index is 0.0449. The van der Waals surface area contributed by atoms with Crippen LogP contribution in [0.3, 0.4) is 0 Å². The van der Waals surface area contributed by atoms with Gasteiger partial charge in [0.1, 0.15) is 5.65 Å². The van der Waals surface area contributed by atoms with Crippen molar-refractivity contribution in [2.24, 2.45) is 0 Å². The van der Waals surface area contributed by atoms with Crippen LogP contribution in [0.2, 0.25) is 0 Å². The second-order valence-electron chi connectivity index (χ2n) is 4.82. The van der Waals surface area contributed by atoms with Crippen LogP contribution < -0.4 is 5.56 Å². The van der Waals surface area contributed by atoms with Crippen LogP contribution >= 0.6 is 11.8 Å². The number of aromatic nitrogens is 3. The number of aryl methyl sites for hydroxylation is 1. The molecule has 0 fully saturated rings. The van der Waals surface area contributed by atoms with Crippen LogP contribution in [0, 0.1) is 6.92 Å². The van der Waals surface area contributed by atoms with E-state index >= 15 is 0 Å². The van der Waals surface area contributed by atoms with Crippen molar-refractivity contribution in [1.29, 1.82) is 0 Å². The average Bonchev–Trinajstić information content (AvgIpc) is 2.51. The van der Waals surface area contributed by atoms with Gasteiger partial charge in [-0.3, -0.25) is 9.36 Å². The molecule has 3 rings (SSSR count). The molecule has 1 aromatic carbocycles. The molecule has 0 spiro atoms. The number of hydrogen-bond donors (Lipinski definition) is 0. The van der Waals surface area contributed by atoms with Crippen molar-refractivity contribution < 1.29 is 0 Å². The fourth-order valence-electron chi connectivity index (χ4n) is 2.26. The maximum Gasteiger partial charge on any atom is 0.252 e. The zero-order valence-corrected chi connectivity index (χ0v) is 12.7. The SMILES string of the molecule is CSc1ncc2ccc(=O)n(Cc3ccccc3C)c2n1. The number of benzene rings is 1. The molecule has 2 heterocycles. The molecule has 4 nitrogen and oxygen atoms in total. The molecule has 0 radical (unpaired) electrons. The van der Waals surface area contributed by atoms with E-state index in [0.29, 0.717) is 17.3 Å². The molecule has 0 saturated carbocycles. The second-order valence-corrected chi connectivity index (χ2v) is 5.59. The number of hydrogen-bond acceptors (Lipinski definition) is 4. The summed E-state index contributed by atoms with van der Waals surface area (Å²) in [6.07, 6.45) is 3.69. The Kier molecular flexibility index (Phi) is 3.75. The van der Waals surface area contributed by atoms with Gasteiger partial charge in [-0.25, -0.2) is 9.97 Å². The van der Waals surface area contributed by atoms with Crippen molar-refractivity contribution in [3.05, 3.63) is 64.1 Å². The van der Waals surface area contributed by atoms with Crippen LogP contribution in [0.25, 0.3) is 11.0 Å².